The molecule has 0 heterocycles. The van der Waals surface area contributed by atoms with Crippen LogP contribution in [-0.4, -0.2) is 5.11 Å². The van der Waals surface area contributed by atoms with Crippen molar-refractivity contribution in [3.63, 3.8) is 0 Å². The van der Waals surface area contributed by atoms with Crippen LogP contribution in [0.1, 0.15) is 49.0 Å². The summed E-state index contributed by atoms with van der Waals surface area (Å²) >= 11 is 0. The minimum atomic E-state index is -0.386. The molecule has 1 N–H and O–H groups in total. The Kier molecular flexibility index (Phi) is 2.31. The van der Waals surface area contributed by atoms with Crippen molar-refractivity contribution in [2.45, 2.75) is 38.7 Å². The molecule has 0 saturated heterocycles. The van der Waals surface area contributed by atoms with Crippen LogP contribution in [0.2, 0.25) is 0 Å². The first-order valence-corrected chi connectivity index (χ1v) is 5.10. The summed E-state index contributed by atoms with van der Waals surface area (Å²) in [6.45, 7) is 3.93. The number of aryl methyl sites for hydroxylation is 1. The molecule has 76 valence electrons. The summed E-state index contributed by atoms with van der Waals surface area (Å²) in [6, 6.07) is 3.41. The van der Waals surface area contributed by atoms with E-state index in [1.807, 2.05) is 19.9 Å². The second-order valence-corrected chi connectivity index (χ2v) is 4.28. The highest BCUT2D eigenvalue weighted by molar-refractivity contribution is 5.39. The molecule has 2 rings (SSSR count). The normalized spacial score (nSPS) is 20.2. The third-order valence-electron chi connectivity index (χ3n) is 2.93. The molecule has 1 atom stereocenters. The highest BCUT2D eigenvalue weighted by Gasteiger charge is 2.22. The summed E-state index contributed by atoms with van der Waals surface area (Å²) in [6.07, 6.45) is 1.14. The Bertz CT molecular complexity index is 357. The van der Waals surface area contributed by atoms with E-state index in [1.54, 1.807) is 6.07 Å². The number of hydrogen-bond acceptors (Lipinski definition) is 1. The van der Waals surface area contributed by atoms with Crippen LogP contribution in [0.25, 0.3) is 0 Å². The number of aliphatic hydroxyl groups is 1. The fourth-order valence-electron chi connectivity index (χ4n) is 2.07. The van der Waals surface area contributed by atoms with Crippen molar-refractivity contribution in [2.24, 2.45) is 0 Å². The van der Waals surface area contributed by atoms with Gasteiger partial charge in [-0.3, -0.25) is 0 Å². The maximum atomic E-state index is 13.5. The van der Waals surface area contributed by atoms with Gasteiger partial charge < -0.3 is 5.11 Å². The lowest BCUT2D eigenvalue weighted by Crippen LogP contribution is -1.98. The van der Waals surface area contributed by atoms with Crippen molar-refractivity contribution in [1.29, 1.82) is 0 Å². The smallest absolute Gasteiger partial charge is 0.126 e. The van der Waals surface area contributed by atoms with Gasteiger partial charge in [0.15, 0.2) is 0 Å². The molecule has 1 aliphatic rings. The largest absolute Gasteiger partial charge is 0.388 e. The van der Waals surface area contributed by atoms with Crippen LogP contribution in [-0.2, 0) is 6.42 Å². The molecule has 1 unspecified atom stereocenters. The Morgan fingerprint density at radius 2 is 2.14 bits per heavy atom. The summed E-state index contributed by atoms with van der Waals surface area (Å²) in [5, 5.41) is 9.66. The highest BCUT2D eigenvalue weighted by Crippen LogP contribution is 2.34. The molecule has 0 radical (unpaired) electrons. The van der Waals surface area contributed by atoms with Crippen molar-refractivity contribution < 1.29 is 9.50 Å². The number of hydrogen-bond donors (Lipinski definition) is 1. The average Bonchev–Trinajstić information content (AvgIpc) is 2.46. The van der Waals surface area contributed by atoms with E-state index in [-0.39, 0.29) is 17.8 Å². The third kappa shape index (κ3) is 1.44. The van der Waals surface area contributed by atoms with Crippen molar-refractivity contribution in [2.75, 3.05) is 0 Å². The molecular formula is C12H15FO. The molecule has 1 nitrogen and oxygen atoms in total. The lowest BCUT2D eigenvalue weighted by atomic mass is 9.97. The van der Waals surface area contributed by atoms with E-state index in [0.29, 0.717) is 5.56 Å². The first-order valence-electron chi connectivity index (χ1n) is 5.10. The van der Waals surface area contributed by atoms with Crippen molar-refractivity contribution in [1.82, 2.24) is 0 Å². The van der Waals surface area contributed by atoms with Gasteiger partial charge in [0.1, 0.15) is 5.82 Å². The van der Waals surface area contributed by atoms with Gasteiger partial charge in [0.25, 0.3) is 0 Å². The summed E-state index contributed by atoms with van der Waals surface area (Å²) in [5.74, 6) is 0.0425. The predicted octanol–water partition coefficient (Wildman–Crippen LogP) is 2.93. The van der Waals surface area contributed by atoms with Gasteiger partial charge in [-0.25, -0.2) is 4.39 Å². The second kappa shape index (κ2) is 3.35. The summed E-state index contributed by atoms with van der Waals surface area (Å²) < 4.78 is 13.5. The molecule has 0 saturated carbocycles. The van der Waals surface area contributed by atoms with Crippen LogP contribution in [0.3, 0.4) is 0 Å². The quantitative estimate of drug-likeness (QED) is 0.728. The Labute approximate surface area is 83.6 Å². The zero-order valence-corrected chi connectivity index (χ0v) is 8.55. The van der Waals surface area contributed by atoms with Crippen LogP contribution in [0.5, 0.6) is 0 Å². The van der Waals surface area contributed by atoms with Gasteiger partial charge in [-0.15, -0.1) is 0 Å². The standard InChI is InChI=1S/C12H15FO/c1-7(2)9-6-10-8(5-11(9)13)3-4-12(10)14/h5-7,12,14H,3-4H2,1-2H3. The molecule has 0 bridgehead atoms. The first-order chi connectivity index (χ1) is 6.59. The number of fused-ring (bicyclic) bond motifs is 1. The Hall–Kier alpha value is -0.890. The van der Waals surface area contributed by atoms with Gasteiger partial charge in [-0.05, 0) is 47.6 Å². The molecule has 1 aromatic carbocycles. The van der Waals surface area contributed by atoms with Crippen LogP contribution in [0.15, 0.2) is 12.1 Å². The predicted molar refractivity (Wildman–Crippen MR) is 53.8 cm³/mol. The summed E-state index contributed by atoms with van der Waals surface area (Å²) in [5.41, 5.74) is 2.61. The molecule has 1 aliphatic carbocycles. The van der Waals surface area contributed by atoms with E-state index in [1.165, 1.54) is 0 Å². The first kappa shape index (κ1) is 9.66. The Morgan fingerprint density at radius 3 is 2.79 bits per heavy atom. The van der Waals surface area contributed by atoms with Crippen LogP contribution >= 0.6 is 0 Å². The van der Waals surface area contributed by atoms with Crippen molar-refractivity contribution in [3.05, 3.63) is 34.6 Å². The zero-order valence-electron chi connectivity index (χ0n) is 8.55. The van der Waals surface area contributed by atoms with Crippen LogP contribution in [0.4, 0.5) is 4.39 Å². The highest BCUT2D eigenvalue weighted by atomic mass is 19.1. The second-order valence-electron chi connectivity index (χ2n) is 4.28. The van der Waals surface area contributed by atoms with Crippen molar-refractivity contribution in [3.8, 4) is 0 Å². The zero-order chi connectivity index (χ0) is 10.3. The molecule has 0 amide bonds. The minimum Gasteiger partial charge on any atom is -0.388 e. The molecule has 0 fully saturated rings. The van der Waals surface area contributed by atoms with Gasteiger partial charge in [-0.1, -0.05) is 13.8 Å². The Morgan fingerprint density at radius 1 is 1.43 bits per heavy atom. The van der Waals surface area contributed by atoms with Crippen LogP contribution in [0, 0.1) is 5.82 Å². The van der Waals surface area contributed by atoms with Gasteiger partial charge >= 0.3 is 0 Å². The van der Waals surface area contributed by atoms with E-state index >= 15 is 0 Å². The number of aliphatic hydroxyl groups excluding tert-OH is 1. The lowest BCUT2D eigenvalue weighted by molar-refractivity contribution is 0.180. The topological polar surface area (TPSA) is 20.2 Å². The SMILES string of the molecule is CC(C)c1cc2c(cc1F)CCC2O. The molecule has 0 spiro atoms. The third-order valence-corrected chi connectivity index (χ3v) is 2.93. The molecule has 0 aromatic heterocycles. The van der Waals surface area contributed by atoms with E-state index in [0.717, 1.165) is 24.0 Å². The maximum Gasteiger partial charge on any atom is 0.126 e. The van der Waals surface area contributed by atoms with Crippen molar-refractivity contribution >= 4 is 0 Å². The van der Waals surface area contributed by atoms with Gasteiger partial charge in [0.2, 0.25) is 0 Å². The molecule has 1 aromatic rings. The minimum absolute atomic E-state index is 0.132. The number of rotatable bonds is 1. The van der Waals surface area contributed by atoms with E-state index < -0.39 is 0 Å². The summed E-state index contributed by atoms with van der Waals surface area (Å²) in [4.78, 5) is 0. The summed E-state index contributed by atoms with van der Waals surface area (Å²) in [7, 11) is 0. The van der Waals surface area contributed by atoms with Gasteiger partial charge in [-0.2, -0.15) is 0 Å². The van der Waals surface area contributed by atoms with E-state index in [9.17, 15) is 9.50 Å². The number of halogens is 1. The fourth-order valence-corrected chi connectivity index (χ4v) is 2.07. The van der Waals surface area contributed by atoms with Gasteiger partial charge in [0, 0.05) is 0 Å². The molecular weight excluding hydrogens is 179 g/mol. The molecule has 14 heavy (non-hydrogen) atoms. The fraction of sp³-hybridized carbons (Fsp3) is 0.500. The van der Waals surface area contributed by atoms with E-state index in [2.05, 4.69) is 0 Å². The van der Waals surface area contributed by atoms with Crippen LogP contribution < -0.4 is 0 Å². The number of benzene rings is 1. The van der Waals surface area contributed by atoms with E-state index in [4.69, 9.17) is 0 Å². The van der Waals surface area contributed by atoms with Gasteiger partial charge in [0.05, 0.1) is 6.10 Å². The maximum absolute atomic E-state index is 13.5. The average molecular weight is 194 g/mol. The monoisotopic (exact) mass is 194 g/mol. The lowest BCUT2D eigenvalue weighted by Gasteiger charge is -2.11. The molecule has 0 aliphatic heterocycles. The molecule has 2 heteroatoms. The Balaban J connectivity index is 2.51.